The molecule has 0 radical (unpaired) electrons. The molecule has 2 aromatic rings. The van der Waals surface area contributed by atoms with Gasteiger partial charge in [-0.1, -0.05) is 42.1 Å². The highest BCUT2D eigenvalue weighted by Gasteiger charge is 2.40. The molecule has 1 heterocycles. The Labute approximate surface area is 173 Å². The molecule has 1 aliphatic rings. The summed E-state index contributed by atoms with van der Waals surface area (Å²) in [5, 5.41) is 7.64. The van der Waals surface area contributed by atoms with E-state index in [-0.39, 0.29) is 23.4 Å². The lowest BCUT2D eigenvalue weighted by Gasteiger charge is -2.15. The van der Waals surface area contributed by atoms with Crippen molar-refractivity contribution < 1.29 is 14.3 Å². The molecule has 2 aromatic carbocycles. The van der Waals surface area contributed by atoms with E-state index in [0.29, 0.717) is 23.8 Å². The number of nitrogens with two attached hydrogens (primary N) is 1. The first-order chi connectivity index (χ1) is 14.0. The Bertz CT molecular complexity index is 942. The number of nitrogens with zero attached hydrogens (tertiary/aromatic N) is 3. The van der Waals surface area contributed by atoms with Crippen LogP contribution in [0.4, 0.5) is 5.69 Å². The summed E-state index contributed by atoms with van der Waals surface area (Å²) in [5.74, 6) is 0.101. The van der Waals surface area contributed by atoms with Crippen molar-refractivity contribution in [3.8, 4) is 5.75 Å². The van der Waals surface area contributed by atoms with Crippen LogP contribution < -0.4 is 15.4 Å². The summed E-state index contributed by atoms with van der Waals surface area (Å²) < 4.78 is 5.39. The van der Waals surface area contributed by atoms with Gasteiger partial charge in [-0.25, -0.2) is 4.90 Å². The van der Waals surface area contributed by atoms with Gasteiger partial charge in [-0.2, -0.15) is 5.10 Å². The fraction of sp³-hybridized carbons (Fsp3) is 0.238. The smallest absolute Gasteiger partial charge is 0.247 e. The molecular weight excluding hydrogens is 388 g/mol. The van der Waals surface area contributed by atoms with Gasteiger partial charge in [-0.05, 0) is 43.7 Å². The molecule has 1 atom stereocenters. The van der Waals surface area contributed by atoms with Crippen molar-refractivity contribution in [1.29, 1.82) is 0 Å². The van der Waals surface area contributed by atoms with Crippen molar-refractivity contribution in [2.45, 2.75) is 25.5 Å². The first-order valence-corrected chi connectivity index (χ1v) is 10.1. The zero-order chi connectivity index (χ0) is 20.8. The lowest BCUT2D eigenvalue weighted by Crippen LogP contribution is -2.31. The van der Waals surface area contributed by atoms with E-state index in [4.69, 9.17) is 10.5 Å². The van der Waals surface area contributed by atoms with Crippen molar-refractivity contribution in [2.24, 2.45) is 15.9 Å². The number of rotatable bonds is 6. The first kappa shape index (κ1) is 20.6. The molecule has 8 heteroatoms. The maximum absolute atomic E-state index is 12.7. The van der Waals surface area contributed by atoms with Crippen LogP contribution >= 0.6 is 11.8 Å². The van der Waals surface area contributed by atoms with E-state index in [1.165, 1.54) is 4.90 Å². The zero-order valence-corrected chi connectivity index (χ0v) is 17.1. The molecule has 7 nitrogen and oxygen atoms in total. The largest absolute Gasteiger partial charge is 0.494 e. The number of amides is 2. The second kappa shape index (κ2) is 9.38. The fourth-order valence-corrected chi connectivity index (χ4v) is 3.67. The minimum Gasteiger partial charge on any atom is -0.494 e. The number of hydrogen-bond donors (Lipinski definition) is 1. The topological polar surface area (TPSA) is 97.3 Å². The molecule has 1 aliphatic heterocycles. The Balaban J connectivity index is 1.67. The first-order valence-electron chi connectivity index (χ1n) is 9.19. The van der Waals surface area contributed by atoms with Crippen LogP contribution in [0.25, 0.3) is 0 Å². The second-order valence-electron chi connectivity index (χ2n) is 6.29. The highest BCUT2D eigenvalue weighted by Crippen LogP contribution is 2.30. The van der Waals surface area contributed by atoms with Crippen LogP contribution in [0, 0.1) is 0 Å². The number of imide groups is 1. The standard InChI is InChI=1S/C21H22N4O3S/c1-3-28-17-11-9-16(10-12-17)25-19(26)13-18(20(25)27)29-21(22)24-23-14(2)15-7-5-4-6-8-15/h4-12,18H,3,13H2,1-2H3,(H2,22,24)/t18-/m1/s1. The molecule has 0 spiro atoms. The summed E-state index contributed by atoms with van der Waals surface area (Å²) >= 11 is 1.05. The van der Waals surface area contributed by atoms with Gasteiger partial charge < -0.3 is 10.5 Å². The molecule has 1 saturated heterocycles. The van der Waals surface area contributed by atoms with Crippen LogP contribution in [0.1, 0.15) is 25.8 Å². The maximum atomic E-state index is 12.7. The minimum absolute atomic E-state index is 0.0638. The van der Waals surface area contributed by atoms with Crippen LogP contribution in [-0.2, 0) is 9.59 Å². The Hall–Kier alpha value is -3.13. The van der Waals surface area contributed by atoms with E-state index in [9.17, 15) is 9.59 Å². The third kappa shape index (κ3) is 5.03. The average molecular weight is 410 g/mol. The molecule has 0 aliphatic carbocycles. The fourth-order valence-electron chi connectivity index (χ4n) is 2.86. The quantitative estimate of drug-likeness (QED) is 0.341. The van der Waals surface area contributed by atoms with E-state index in [1.54, 1.807) is 24.3 Å². The van der Waals surface area contributed by atoms with Crippen molar-refractivity contribution in [1.82, 2.24) is 0 Å². The predicted octanol–water partition coefficient (Wildman–Crippen LogP) is 3.19. The van der Waals surface area contributed by atoms with E-state index in [0.717, 1.165) is 17.3 Å². The van der Waals surface area contributed by atoms with Gasteiger partial charge in [-0.15, -0.1) is 5.10 Å². The molecule has 3 rings (SSSR count). The SMILES string of the molecule is CCOc1ccc(N2C(=O)C[C@@H](SC(N)=NN=C(C)c3ccccc3)C2=O)cc1. The zero-order valence-electron chi connectivity index (χ0n) is 16.2. The van der Waals surface area contributed by atoms with Gasteiger partial charge in [0, 0.05) is 6.42 Å². The molecule has 0 bridgehead atoms. The van der Waals surface area contributed by atoms with Gasteiger partial charge >= 0.3 is 0 Å². The summed E-state index contributed by atoms with van der Waals surface area (Å²) in [6.45, 7) is 4.26. The number of benzene rings is 2. The molecule has 1 fully saturated rings. The Morgan fingerprint density at radius 2 is 1.83 bits per heavy atom. The average Bonchev–Trinajstić information content (AvgIpc) is 3.00. The lowest BCUT2D eigenvalue weighted by molar-refractivity contribution is -0.121. The summed E-state index contributed by atoms with van der Waals surface area (Å²) in [4.78, 5) is 26.3. The van der Waals surface area contributed by atoms with E-state index in [1.807, 2.05) is 44.2 Å². The van der Waals surface area contributed by atoms with Crippen molar-refractivity contribution in [3.63, 3.8) is 0 Å². The minimum atomic E-state index is -0.620. The van der Waals surface area contributed by atoms with Gasteiger partial charge in [0.05, 0.1) is 18.0 Å². The summed E-state index contributed by atoms with van der Waals surface area (Å²) in [7, 11) is 0. The second-order valence-corrected chi connectivity index (χ2v) is 7.52. The highest BCUT2D eigenvalue weighted by atomic mass is 32.2. The number of hydrogen-bond acceptors (Lipinski definition) is 6. The third-order valence-electron chi connectivity index (χ3n) is 4.26. The number of ether oxygens (including phenoxy) is 1. The normalized spacial score (nSPS) is 17.7. The van der Waals surface area contributed by atoms with E-state index in [2.05, 4.69) is 10.2 Å². The Kier molecular flexibility index (Phi) is 6.66. The number of carbonyl (C=O) groups excluding carboxylic acids is 2. The lowest BCUT2D eigenvalue weighted by atomic mass is 10.1. The molecule has 0 aromatic heterocycles. The molecule has 0 saturated carbocycles. The molecule has 150 valence electrons. The maximum Gasteiger partial charge on any atom is 0.247 e. The van der Waals surface area contributed by atoms with Crippen molar-refractivity contribution in [3.05, 3.63) is 60.2 Å². The number of anilines is 1. The molecule has 2 amide bonds. The molecule has 0 unspecified atom stereocenters. The number of thioether (sulfide) groups is 1. The Morgan fingerprint density at radius 1 is 1.14 bits per heavy atom. The monoisotopic (exact) mass is 410 g/mol. The highest BCUT2D eigenvalue weighted by molar-refractivity contribution is 8.14. The van der Waals surface area contributed by atoms with Crippen LogP contribution in [-0.4, -0.2) is 34.6 Å². The van der Waals surface area contributed by atoms with E-state index >= 15 is 0 Å². The summed E-state index contributed by atoms with van der Waals surface area (Å²) in [6.07, 6.45) is 0.0638. The third-order valence-corrected chi connectivity index (χ3v) is 5.24. The molecule has 29 heavy (non-hydrogen) atoms. The van der Waals surface area contributed by atoms with Crippen LogP contribution in [0.5, 0.6) is 5.75 Å². The van der Waals surface area contributed by atoms with Gasteiger partial charge in [0.1, 0.15) is 11.0 Å². The van der Waals surface area contributed by atoms with Crippen molar-refractivity contribution in [2.75, 3.05) is 11.5 Å². The summed E-state index contributed by atoms with van der Waals surface area (Å²) in [5.41, 5.74) is 8.09. The van der Waals surface area contributed by atoms with Gasteiger partial charge in [0.25, 0.3) is 0 Å². The number of amidine groups is 1. The Morgan fingerprint density at radius 3 is 2.48 bits per heavy atom. The van der Waals surface area contributed by atoms with Gasteiger partial charge in [-0.3, -0.25) is 9.59 Å². The number of carbonyl (C=O) groups is 2. The van der Waals surface area contributed by atoms with Gasteiger partial charge in [0.2, 0.25) is 11.8 Å². The van der Waals surface area contributed by atoms with Gasteiger partial charge in [0.15, 0.2) is 5.17 Å². The van der Waals surface area contributed by atoms with E-state index < -0.39 is 5.25 Å². The van der Waals surface area contributed by atoms with Crippen LogP contribution in [0.15, 0.2) is 64.8 Å². The predicted molar refractivity (Wildman–Crippen MR) is 116 cm³/mol. The van der Waals surface area contributed by atoms with Crippen molar-refractivity contribution >= 4 is 40.1 Å². The van der Waals surface area contributed by atoms with Crippen LogP contribution in [0.2, 0.25) is 0 Å². The molecule has 2 N–H and O–H groups in total. The summed E-state index contributed by atoms with van der Waals surface area (Å²) in [6, 6.07) is 16.4. The molecular formula is C21H22N4O3S. The van der Waals surface area contributed by atoms with Crippen LogP contribution in [0.3, 0.4) is 0 Å².